The molecule has 5 heterocycles. The Hall–Kier alpha value is -3.04. The number of fused-ring (bicyclic) bond motifs is 4. The predicted octanol–water partition coefficient (Wildman–Crippen LogP) is 2.77. The number of hydrogen-bond donors (Lipinski definition) is 1. The largest absolute Gasteiger partial charge is 0.484 e. The van der Waals surface area contributed by atoms with E-state index >= 15 is 0 Å². The molecule has 32 heavy (non-hydrogen) atoms. The van der Waals surface area contributed by atoms with Crippen LogP contribution in [0.1, 0.15) is 49.6 Å². The first-order valence-corrected chi connectivity index (χ1v) is 10.9. The minimum absolute atomic E-state index is 0.356. The zero-order chi connectivity index (χ0) is 22.1. The number of rotatable bonds is 5. The normalized spacial score (nSPS) is 29.4. The Morgan fingerprint density at radius 1 is 1.38 bits per heavy atom. The monoisotopic (exact) mass is 436 g/mol. The summed E-state index contributed by atoms with van der Waals surface area (Å²) >= 11 is 0. The third-order valence-corrected chi connectivity index (χ3v) is 6.97. The van der Waals surface area contributed by atoms with Crippen molar-refractivity contribution in [2.75, 3.05) is 6.61 Å². The maximum atomic E-state index is 11.7. The SMILES string of the molecule is C[C@@H](Oc1ccc2ncc3c(c2c1)CCOC3)c1cn(C23CC(C)(C2)OC3C(=O)O)nn1. The van der Waals surface area contributed by atoms with E-state index in [1.54, 1.807) is 10.9 Å². The maximum Gasteiger partial charge on any atom is 0.335 e. The van der Waals surface area contributed by atoms with Gasteiger partial charge in [-0.05, 0) is 49.6 Å². The fourth-order valence-corrected chi connectivity index (χ4v) is 5.53. The van der Waals surface area contributed by atoms with E-state index in [9.17, 15) is 9.90 Å². The van der Waals surface area contributed by atoms with Crippen LogP contribution in [-0.2, 0) is 32.8 Å². The third-order valence-electron chi connectivity index (χ3n) is 6.97. The number of aliphatic carboxylic acids is 1. The van der Waals surface area contributed by atoms with Crippen molar-refractivity contribution in [2.45, 2.75) is 63.1 Å². The Balaban J connectivity index is 1.26. The highest BCUT2D eigenvalue weighted by atomic mass is 16.6. The minimum atomic E-state index is -0.967. The molecule has 4 aliphatic rings. The van der Waals surface area contributed by atoms with Gasteiger partial charge in [-0.2, -0.15) is 0 Å². The zero-order valence-electron chi connectivity index (χ0n) is 17.9. The lowest BCUT2D eigenvalue weighted by Crippen LogP contribution is -2.53. The summed E-state index contributed by atoms with van der Waals surface area (Å²) in [6.45, 7) is 5.15. The molecule has 1 aromatic carbocycles. The molecular weight excluding hydrogens is 412 g/mol. The van der Waals surface area contributed by atoms with Crippen LogP contribution in [-0.4, -0.2) is 49.4 Å². The number of aromatic nitrogens is 4. The second kappa shape index (κ2) is 6.73. The van der Waals surface area contributed by atoms with Crippen molar-refractivity contribution < 1.29 is 24.1 Å². The number of carboxylic acids is 1. The average molecular weight is 436 g/mol. The van der Waals surface area contributed by atoms with E-state index in [-0.39, 0.29) is 6.10 Å². The summed E-state index contributed by atoms with van der Waals surface area (Å²) in [5.41, 5.74) is 2.88. The number of ether oxygens (including phenoxy) is 3. The van der Waals surface area contributed by atoms with Gasteiger partial charge in [-0.1, -0.05) is 5.21 Å². The number of carboxylic acid groups (broad SMARTS) is 1. The molecule has 3 fully saturated rings. The molecule has 166 valence electrons. The molecule has 0 radical (unpaired) electrons. The number of benzene rings is 1. The van der Waals surface area contributed by atoms with Crippen LogP contribution in [0.25, 0.3) is 10.9 Å². The van der Waals surface area contributed by atoms with E-state index in [2.05, 4.69) is 15.3 Å². The summed E-state index contributed by atoms with van der Waals surface area (Å²) in [6.07, 6.45) is 4.49. The van der Waals surface area contributed by atoms with E-state index in [0.29, 0.717) is 31.7 Å². The highest BCUT2D eigenvalue weighted by Gasteiger charge is 2.70. The van der Waals surface area contributed by atoms with E-state index in [0.717, 1.165) is 28.6 Å². The van der Waals surface area contributed by atoms with Gasteiger partial charge in [-0.3, -0.25) is 4.98 Å². The Labute approximate surface area is 184 Å². The lowest BCUT2D eigenvalue weighted by Gasteiger charge is -2.42. The quantitative estimate of drug-likeness (QED) is 0.650. The molecule has 2 atom stereocenters. The molecule has 0 amide bonds. The molecule has 3 aromatic rings. The summed E-state index contributed by atoms with van der Waals surface area (Å²) < 4.78 is 19.2. The second-order valence-corrected chi connectivity index (χ2v) is 9.33. The lowest BCUT2D eigenvalue weighted by atomic mass is 9.67. The van der Waals surface area contributed by atoms with Gasteiger partial charge in [0.15, 0.2) is 6.10 Å². The first kappa shape index (κ1) is 19.6. The van der Waals surface area contributed by atoms with Gasteiger partial charge < -0.3 is 19.3 Å². The van der Waals surface area contributed by atoms with Gasteiger partial charge >= 0.3 is 5.97 Å². The second-order valence-electron chi connectivity index (χ2n) is 9.33. The number of nitrogens with zero attached hydrogens (tertiary/aromatic N) is 4. The van der Waals surface area contributed by atoms with E-state index in [1.807, 2.05) is 38.2 Å². The molecule has 1 unspecified atom stereocenters. The third kappa shape index (κ3) is 2.84. The fraction of sp³-hybridized carbons (Fsp3) is 0.478. The smallest absolute Gasteiger partial charge is 0.335 e. The Bertz CT molecular complexity index is 1230. The molecule has 9 heteroatoms. The summed E-state index contributed by atoms with van der Waals surface area (Å²) in [6, 6.07) is 5.89. The van der Waals surface area contributed by atoms with Crippen LogP contribution >= 0.6 is 0 Å². The Morgan fingerprint density at radius 3 is 3.03 bits per heavy atom. The average Bonchev–Trinajstić information content (AvgIpc) is 3.44. The van der Waals surface area contributed by atoms with E-state index < -0.39 is 23.2 Å². The molecule has 9 nitrogen and oxygen atoms in total. The molecule has 7 rings (SSSR count). The van der Waals surface area contributed by atoms with E-state index in [4.69, 9.17) is 14.2 Å². The van der Waals surface area contributed by atoms with Gasteiger partial charge in [-0.15, -0.1) is 5.10 Å². The van der Waals surface area contributed by atoms with Crippen LogP contribution in [0.5, 0.6) is 5.75 Å². The Kier molecular flexibility index (Phi) is 4.13. The van der Waals surface area contributed by atoms with Crippen molar-refractivity contribution in [3.05, 3.63) is 47.4 Å². The molecular formula is C23H24N4O5. The summed E-state index contributed by atoms with van der Waals surface area (Å²) in [4.78, 5) is 16.3. The first-order valence-electron chi connectivity index (χ1n) is 10.9. The van der Waals surface area contributed by atoms with Crippen molar-refractivity contribution in [3.63, 3.8) is 0 Å². The fourth-order valence-electron chi connectivity index (χ4n) is 5.53. The number of hydrogen-bond acceptors (Lipinski definition) is 7. The van der Waals surface area contributed by atoms with Crippen LogP contribution in [0.4, 0.5) is 0 Å². The van der Waals surface area contributed by atoms with Crippen LogP contribution in [0.3, 0.4) is 0 Å². The van der Waals surface area contributed by atoms with Crippen LogP contribution in [0.15, 0.2) is 30.6 Å². The first-order chi connectivity index (χ1) is 15.4. The van der Waals surface area contributed by atoms with Crippen molar-refractivity contribution in [1.29, 1.82) is 0 Å². The lowest BCUT2D eigenvalue weighted by molar-refractivity contribution is -0.150. The Morgan fingerprint density at radius 2 is 2.22 bits per heavy atom. The number of carbonyl (C=O) groups is 1. The molecule has 1 saturated carbocycles. The maximum absolute atomic E-state index is 11.7. The summed E-state index contributed by atoms with van der Waals surface area (Å²) in [7, 11) is 0. The van der Waals surface area contributed by atoms with Crippen molar-refractivity contribution >= 4 is 16.9 Å². The topological polar surface area (TPSA) is 109 Å². The van der Waals surface area contributed by atoms with Crippen molar-refractivity contribution in [1.82, 2.24) is 20.0 Å². The summed E-state index contributed by atoms with van der Waals surface area (Å²) in [5, 5.41) is 19.2. The van der Waals surface area contributed by atoms with Gasteiger partial charge in [0, 0.05) is 24.4 Å². The molecule has 2 bridgehead atoms. The molecule has 2 aromatic heterocycles. The van der Waals surface area contributed by atoms with Gasteiger partial charge in [0.2, 0.25) is 0 Å². The van der Waals surface area contributed by atoms with Crippen LogP contribution < -0.4 is 4.74 Å². The minimum Gasteiger partial charge on any atom is -0.484 e. The molecule has 1 aliphatic carbocycles. The van der Waals surface area contributed by atoms with Crippen molar-refractivity contribution in [2.24, 2.45) is 0 Å². The molecule has 0 spiro atoms. The molecule has 2 saturated heterocycles. The van der Waals surface area contributed by atoms with Crippen LogP contribution in [0.2, 0.25) is 0 Å². The van der Waals surface area contributed by atoms with Gasteiger partial charge in [0.05, 0.1) is 30.5 Å². The van der Waals surface area contributed by atoms with Gasteiger partial charge in [0.25, 0.3) is 0 Å². The molecule has 1 N–H and O–H groups in total. The van der Waals surface area contributed by atoms with Crippen LogP contribution in [0, 0.1) is 0 Å². The van der Waals surface area contributed by atoms with Gasteiger partial charge in [-0.25, -0.2) is 9.48 Å². The molecule has 3 aliphatic heterocycles. The predicted molar refractivity (Wildman–Crippen MR) is 112 cm³/mol. The number of pyridine rings is 1. The highest BCUT2D eigenvalue weighted by Crippen LogP contribution is 2.59. The van der Waals surface area contributed by atoms with Gasteiger partial charge in [0.1, 0.15) is 23.1 Å². The zero-order valence-corrected chi connectivity index (χ0v) is 17.9. The van der Waals surface area contributed by atoms with E-state index in [1.165, 1.54) is 5.56 Å². The summed E-state index contributed by atoms with van der Waals surface area (Å²) in [5.74, 6) is -0.241. The highest BCUT2D eigenvalue weighted by molar-refractivity contribution is 5.84. The standard InChI is InChI=1S/C23H24N4O5/c1-13(19-9-27(26-25-19)23-11-22(2,12-23)32-20(23)21(28)29)31-15-3-4-18-17(7-15)16-5-6-30-10-14(16)8-24-18/h3-4,7-9,13,20H,5-6,10-12H2,1-2H3,(H,28,29)/t13-,20?,22?,23?/m1/s1. The van der Waals surface area contributed by atoms with Crippen molar-refractivity contribution in [3.8, 4) is 5.75 Å².